The van der Waals surface area contributed by atoms with Gasteiger partial charge in [0.2, 0.25) is 5.91 Å². The molecule has 0 aliphatic carbocycles. The number of nitrogens with two attached hydrogens (primary N) is 1. The van der Waals surface area contributed by atoms with Crippen molar-refractivity contribution in [3.63, 3.8) is 0 Å². The molecule has 5 heteroatoms. The standard InChI is InChI=1S/C16H26N2O3/c1-16(2,3)14(17)15(19)18-9-8-11-6-7-12(20-4)13(10-11)21-5/h6-7,10,14H,8-9,17H2,1-5H3,(H,18,19). The van der Waals surface area contributed by atoms with Crippen LogP contribution < -0.4 is 20.5 Å². The summed E-state index contributed by atoms with van der Waals surface area (Å²) in [6, 6.07) is 5.21. The lowest BCUT2D eigenvalue weighted by Gasteiger charge is -2.25. The zero-order valence-corrected chi connectivity index (χ0v) is 13.5. The Bertz CT molecular complexity index is 481. The molecule has 0 aliphatic rings. The molecule has 3 N–H and O–H groups in total. The number of carbonyl (C=O) groups excluding carboxylic acids is 1. The summed E-state index contributed by atoms with van der Waals surface area (Å²) in [4.78, 5) is 11.9. The topological polar surface area (TPSA) is 73.6 Å². The molecule has 0 saturated heterocycles. The van der Waals surface area contributed by atoms with Crippen LogP contribution in [0.25, 0.3) is 0 Å². The van der Waals surface area contributed by atoms with Crippen LogP contribution in [-0.2, 0) is 11.2 Å². The van der Waals surface area contributed by atoms with Crippen LogP contribution in [0, 0.1) is 5.41 Å². The molecule has 0 fully saturated rings. The van der Waals surface area contributed by atoms with Gasteiger partial charge >= 0.3 is 0 Å². The predicted octanol–water partition coefficient (Wildman–Crippen LogP) is 1.74. The lowest BCUT2D eigenvalue weighted by molar-refractivity contribution is -0.124. The summed E-state index contributed by atoms with van der Waals surface area (Å²) < 4.78 is 10.4. The molecule has 1 unspecified atom stereocenters. The molecule has 1 atom stereocenters. The Morgan fingerprint density at radius 3 is 2.38 bits per heavy atom. The van der Waals surface area contributed by atoms with Crippen molar-refractivity contribution in [2.24, 2.45) is 11.1 Å². The highest BCUT2D eigenvalue weighted by molar-refractivity contribution is 5.82. The molecule has 0 saturated carbocycles. The summed E-state index contributed by atoms with van der Waals surface area (Å²) in [5.74, 6) is 1.26. The van der Waals surface area contributed by atoms with E-state index in [2.05, 4.69) is 5.32 Å². The van der Waals surface area contributed by atoms with Crippen LogP contribution >= 0.6 is 0 Å². The quantitative estimate of drug-likeness (QED) is 0.838. The fourth-order valence-corrected chi connectivity index (χ4v) is 1.87. The van der Waals surface area contributed by atoms with E-state index in [9.17, 15) is 4.79 Å². The Morgan fingerprint density at radius 1 is 1.24 bits per heavy atom. The smallest absolute Gasteiger partial charge is 0.237 e. The van der Waals surface area contributed by atoms with Gasteiger partial charge in [0.15, 0.2) is 11.5 Å². The van der Waals surface area contributed by atoms with E-state index < -0.39 is 6.04 Å². The van der Waals surface area contributed by atoms with Gasteiger partial charge in [-0.15, -0.1) is 0 Å². The Hall–Kier alpha value is -1.75. The van der Waals surface area contributed by atoms with E-state index in [-0.39, 0.29) is 11.3 Å². The molecule has 0 heterocycles. The van der Waals surface area contributed by atoms with Gasteiger partial charge in [-0.25, -0.2) is 0 Å². The maximum absolute atomic E-state index is 11.9. The number of methoxy groups -OCH3 is 2. The monoisotopic (exact) mass is 294 g/mol. The number of hydrogen-bond acceptors (Lipinski definition) is 4. The molecular weight excluding hydrogens is 268 g/mol. The Kier molecular flexibility index (Phi) is 6.03. The first-order valence-electron chi connectivity index (χ1n) is 7.03. The highest BCUT2D eigenvalue weighted by Gasteiger charge is 2.26. The summed E-state index contributed by atoms with van der Waals surface area (Å²) in [6.45, 7) is 6.39. The van der Waals surface area contributed by atoms with Gasteiger partial charge in [0, 0.05) is 6.54 Å². The van der Waals surface area contributed by atoms with Crippen molar-refractivity contribution in [2.45, 2.75) is 33.2 Å². The Balaban J connectivity index is 2.55. The third-order valence-corrected chi connectivity index (χ3v) is 3.38. The zero-order chi connectivity index (χ0) is 16.0. The van der Waals surface area contributed by atoms with Gasteiger partial charge in [-0.3, -0.25) is 4.79 Å². The lowest BCUT2D eigenvalue weighted by Crippen LogP contribution is -2.48. The van der Waals surface area contributed by atoms with E-state index in [1.165, 1.54) is 0 Å². The molecule has 0 spiro atoms. The van der Waals surface area contributed by atoms with Crippen molar-refractivity contribution in [3.05, 3.63) is 23.8 Å². The van der Waals surface area contributed by atoms with Crippen LogP contribution in [0.4, 0.5) is 0 Å². The van der Waals surface area contributed by atoms with E-state index in [0.29, 0.717) is 24.5 Å². The van der Waals surface area contributed by atoms with Gasteiger partial charge < -0.3 is 20.5 Å². The van der Waals surface area contributed by atoms with Crippen LogP contribution in [0.5, 0.6) is 11.5 Å². The summed E-state index contributed by atoms with van der Waals surface area (Å²) >= 11 is 0. The van der Waals surface area contributed by atoms with E-state index in [1.807, 2.05) is 39.0 Å². The van der Waals surface area contributed by atoms with Gasteiger partial charge in [0.05, 0.1) is 20.3 Å². The highest BCUT2D eigenvalue weighted by atomic mass is 16.5. The van der Waals surface area contributed by atoms with Crippen LogP contribution in [-0.4, -0.2) is 32.7 Å². The second kappa shape index (κ2) is 7.31. The molecule has 21 heavy (non-hydrogen) atoms. The molecule has 1 rings (SSSR count). The van der Waals surface area contributed by atoms with E-state index >= 15 is 0 Å². The number of benzene rings is 1. The average molecular weight is 294 g/mol. The minimum Gasteiger partial charge on any atom is -0.493 e. The lowest BCUT2D eigenvalue weighted by atomic mass is 9.87. The van der Waals surface area contributed by atoms with Gasteiger partial charge in [0.25, 0.3) is 0 Å². The summed E-state index contributed by atoms with van der Waals surface area (Å²) in [6.07, 6.45) is 0.711. The molecule has 1 aromatic carbocycles. The predicted molar refractivity (Wildman–Crippen MR) is 83.7 cm³/mol. The third kappa shape index (κ3) is 4.93. The third-order valence-electron chi connectivity index (χ3n) is 3.38. The van der Waals surface area contributed by atoms with Crippen LogP contribution in [0.1, 0.15) is 26.3 Å². The van der Waals surface area contributed by atoms with Crippen LogP contribution in [0.2, 0.25) is 0 Å². The molecule has 118 valence electrons. The van der Waals surface area contributed by atoms with Gasteiger partial charge in [-0.2, -0.15) is 0 Å². The Morgan fingerprint density at radius 2 is 1.86 bits per heavy atom. The molecule has 1 aromatic rings. The summed E-state index contributed by atoms with van der Waals surface area (Å²) in [7, 11) is 3.21. The molecule has 5 nitrogen and oxygen atoms in total. The van der Waals surface area contributed by atoms with E-state index in [0.717, 1.165) is 5.56 Å². The number of ether oxygens (including phenoxy) is 2. The van der Waals surface area contributed by atoms with Crippen molar-refractivity contribution in [1.82, 2.24) is 5.32 Å². The van der Waals surface area contributed by atoms with Crippen molar-refractivity contribution >= 4 is 5.91 Å². The highest BCUT2D eigenvalue weighted by Crippen LogP contribution is 2.27. The molecule has 0 aliphatic heterocycles. The molecule has 1 amide bonds. The van der Waals surface area contributed by atoms with E-state index in [1.54, 1.807) is 14.2 Å². The number of carbonyl (C=O) groups is 1. The molecule has 0 radical (unpaired) electrons. The van der Waals surface area contributed by atoms with Crippen molar-refractivity contribution < 1.29 is 14.3 Å². The summed E-state index contributed by atoms with van der Waals surface area (Å²) in [5, 5.41) is 2.87. The number of amides is 1. The van der Waals surface area contributed by atoms with Crippen LogP contribution in [0.15, 0.2) is 18.2 Å². The average Bonchev–Trinajstić information content (AvgIpc) is 2.45. The first kappa shape index (κ1) is 17.3. The first-order valence-corrected chi connectivity index (χ1v) is 7.03. The fraction of sp³-hybridized carbons (Fsp3) is 0.562. The van der Waals surface area contributed by atoms with Crippen LogP contribution in [0.3, 0.4) is 0 Å². The van der Waals surface area contributed by atoms with Gasteiger partial charge in [-0.05, 0) is 29.5 Å². The fourth-order valence-electron chi connectivity index (χ4n) is 1.87. The first-order chi connectivity index (χ1) is 9.79. The molecule has 0 bridgehead atoms. The van der Waals surface area contributed by atoms with Gasteiger partial charge in [0.1, 0.15) is 0 Å². The van der Waals surface area contributed by atoms with Gasteiger partial charge in [-0.1, -0.05) is 26.8 Å². The summed E-state index contributed by atoms with van der Waals surface area (Å²) in [5.41, 5.74) is 6.73. The maximum Gasteiger partial charge on any atom is 0.237 e. The second-order valence-corrected chi connectivity index (χ2v) is 6.07. The zero-order valence-electron chi connectivity index (χ0n) is 13.5. The molecular formula is C16H26N2O3. The minimum atomic E-state index is -0.511. The largest absolute Gasteiger partial charge is 0.493 e. The SMILES string of the molecule is COc1ccc(CCNC(=O)C(N)C(C)(C)C)cc1OC. The maximum atomic E-state index is 11.9. The van der Waals surface area contributed by atoms with Crippen molar-refractivity contribution in [1.29, 1.82) is 0 Å². The Labute approximate surface area is 126 Å². The van der Waals surface area contributed by atoms with Crippen molar-refractivity contribution in [3.8, 4) is 11.5 Å². The van der Waals surface area contributed by atoms with Crippen molar-refractivity contribution in [2.75, 3.05) is 20.8 Å². The molecule has 0 aromatic heterocycles. The normalized spacial score (nSPS) is 12.7. The number of nitrogens with one attached hydrogen (secondary N) is 1. The number of rotatable bonds is 6. The minimum absolute atomic E-state index is 0.122. The second-order valence-electron chi connectivity index (χ2n) is 6.07. The number of hydrogen-bond donors (Lipinski definition) is 2. The van der Waals surface area contributed by atoms with E-state index in [4.69, 9.17) is 15.2 Å².